The molecule has 52 valence electrons. The molecule has 0 radical (unpaired) electrons. The van der Waals surface area contributed by atoms with Crippen molar-refractivity contribution in [1.29, 1.82) is 0 Å². The number of carbonyl (C=O) groups excluding carboxylic acids is 1. The Labute approximate surface area is 68.1 Å². The van der Waals surface area contributed by atoms with E-state index < -0.39 is 0 Å². The predicted molar refractivity (Wildman–Crippen MR) is 42.5 cm³/mol. The highest BCUT2D eigenvalue weighted by atomic mass is 127. The van der Waals surface area contributed by atoms with E-state index in [2.05, 4.69) is 22.6 Å². The Hall–Kier alpha value is 0.200. The highest BCUT2D eigenvalue weighted by Crippen LogP contribution is 2.21. The third-order valence-corrected chi connectivity index (χ3v) is 2.46. The molecule has 2 nitrogen and oxygen atoms in total. The fraction of sp³-hybridized carbons (Fsp3) is 0.833. The van der Waals surface area contributed by atoms with Gasteiger partial charge in [0.25, 0.3) is 0 Å². The van der Waals surface area contributed by atoms with E-state index in [0.717, 1.165) is 10.8 Å². The second kappa shape index (κ2) is 2.86. The first-order chi connectivity index (χ1) is 4.24. The molecule has 0 unspecified atom stereocenters. The summed E-state index contributed by atoms with van der Waals surface area (Å²) in [4.78, 5) is 10.7. The second-order valence-corrected chi connectivity index (χ2v) is 3.23. The van der Waals surface area contributed by atoms with Crippen LogP contribution in [-0.4, -0.2) is 16.5 Å². The average Bonchev–Trinajstić information content (AvgIpc) is 2.13. The topological polar surface area (TPSA) is 26.3 Å². The lowest BCUT2D eigenvalue weighted by Crippen LogP contribution is -2.06. The van der Waals surface area contributed by atoms with Crippen molar-refractivity contribution in [3.8, 4) is 0 Å². The molecule has 1 aliphatic heterocycles. The van der Waals surface area contributed by atoms with Gasteiger partial charge in [0.15, 0.2) is 0 Å². The predicted octanol–water partition coefficient (Wildman–Crippen LogP) is 1.37. The van der Waals surface area contributed by atoms with Gasteiger partial charge in [-0.15, -0.1) is 0 Å². The molecule has 1 aliphatic rings. The molecule has 1 heterocycles. The Bertz CT molecular complexity index is 124. The molecular weight excluding hydrogens is 231 g/mol. The van der Waals surface area contributed by atoms with Gasteiger partial charge in [-0.2, -0.15) is 0 Å². The van der Waals surface area contributed by atoms with Crippen LogP contribution in [0.3, 0.4) is 0 Å². The number of carbonyl (C=O) groups is 1. The molecule has 1 rings (SSSR count). The monoisotopic (exact) mass is 240 g/mol. The summed E-state index contributed by atoms with van der Waals surface area (Å²) in [5.41, 5.74) is 0. The fourth-order valence-corrected chi connectivity index (χ4v) is 1.45. The van der Waals surface area contributed by atoms with Crippen molar-refractivity contribution in [1.82, 2.24) is 0 Å². The summed E-state index contributed by atoms with van der Waals surface area (Å²) in [6.45, 7) is 1.91. The highest BCUT2D eigenvalue weighted by Gasteiger charge is 2.29. The van der Waals surface area contributed by atoms with Crippen LogP contribution in [0.4, 0.5) is 0 Å². The molecule has 2 atom stereocenters. The molecule has 0 N–H and O–H groups in total. The molecule has 0 aromatic carbocycles. The first-order valence-electron chi connectivity index (χ1n) is 3.00. The number of esters is 1. The van der Waals surface area contributed by atoms with E-state index in [1.807, 2.05) is 6.92 Å². The van der Waals surface area contributed by atoms with Crippen molar-refractivity contribution in [2.24, 2.45) is 5.92 Å². The van der Waals surface area contributed by atoms with E-state index in [9.17, 15) is 4.79 Å². The van der Waals surface area contributed by atoms with Gasteiger partial charge in [-0.1, -0.05) is 29.5 Å². The van der Waals surface area contributed by atoms with E-state index in [1.165, 1.54) is 0 Å². The number of cyclic esters (lactones) is 1. The smallest absolute Gasteiger partial charge is 0.309 e. The van der Waals surface area contributed by atoms with Gasteiger partial charge in [0.2, 0.25) is 0 Å². The first-order valence-corrected chi connectivity index (χ1v) is 4.53. The van der Waals surface area contributed by atoms with Gasteiger partial charge in [0, 0.05) is 4.43 Å². The van der Waals surface area contributed by atoms with E-state index in [4.69, 9.17) is 4.74 Å². The standard InChI is InChI=1S/C6H9IO2/c1-4-2-5(3-7)9-6(4)8/h4-5H,2-3H2,1H3/t4-,5-/m0/s1. The van der Waals surface area contributed by atoms with E-state index in [-0.39, 0.29) is 18.0 Å². The van der Waals surface area contributed by atoms with Crippen LogP contribution in [0.2, 0.25) is 0 Å². The number of rotatable bonds is 1. The normalized spacial score (nSPS) is 34.7. The Morgan fingerprint density at radius 2 is 2.56 bits per heavy atom. The van der Waals surface area contributed by atoms with E-state index in [0.29, 0.717) is 0 Å². The minimum absolute atomic E-state index is 0.0309. The molecule has 0 spiro atoms. The zero-order valence-electron chi connectivity index (χ0n) is 5.26. The molecular formula is C6H9IO2. The van der Waals surface area contributed by atoms with Crippen molar-refractivity contribution in [2.75, 3.05) is 4.43 Å². The molecule has 9 heavy (non-hydrogen) atoms. The number of hydrogen-bond acceptors (Lipinski definition) is 2. The Balaban J connectivity index is 2.44. The maximum absolute atomic E-state index is 10.7. The van der Waals surface area contributed by atoms with Crippen LogP contribution < -0.4 is 0 Å². The first kappa shape index (κ1) is 7.31. The number of hydrogen-bond donors (Lipinski definition) is 0. The molecule has 1 fully saturated rings. The van der Waals surface area contributed by atoms with Gasteiger partial charge >= 0.3 is 5.97 Å². The van der Waals surface area contributed by atoms with Gasteiger partial charge in [0.05, 0.1) is 5.92 Å². The highest BCUT2D eigenvalue weighted by molar-refractivity contribution is 14.1. The van der Waals surface area contributed by atoms with Crippen LogP contribution in [0, 0.1) is 5.92 Å². The molecule has 0 saturated carbocycles. The third-order valence-electron chi connectivity index (χ3n) is 1.47. The summed E-state index contributed by atoms with van der Waals surface area (Å²) in [6, 6.07) is 0. The lowest BCUT2D eigenvalue weighted by atomic mass is 10.1. The SMILES string of the molecule is C[C@H]1C[C@@H](CI)OC1=O. The summed E-state index contributed by atoms with van der Waals surface area (Å²) in [5.74, 6) is 0.0985. The minimum atomic E-state index is -0.0309. The van der Waals surface area contributed by atoms with Gasteiger partial charge in [-0.3, -0.25) is 4.79 Å². The van der Waals surface area contributed by atoms with Crippen molar-refractivity contribution in [3.63, 3.8) is 0 Å². The van der Waals surface area contributed by atoms with Gasteiger partial charge in [-0.25, -0.2) is 0 Å². The Morgan fingerprint density at radius 1 is 1.89 bits per heavy atom. The van der Waals surface area contributed by atoms with E-state index in [1.54, 1.807) is 0 Å². The van der Waals surface area contributed by atoms with Crippen LogP contribution in [0.25, 0.3) is 0 Å². The number of halogens is 1. The summed E-state index contributed by atoms with van der Waals surface area (Å²) >= 11 is 2.23. The Morgan fingerprint density at radius 3 is 2.78 bits per heavy atom. The average molecular weight is 240 g/mol. The lowest BCUT2D eigenvalue weighted by Gasteiger charge is -2.00. The molecule has 0 bridgehead atoms. The van der Waals surface area contributed by atoms with E-state index >= 15 is 0 Å². The van der Waals surface area contributed by atoms with Crippen LogP contribution in [0.1, 0.15) is 13.3 Å². The van der Waals surface area contributed by atoms with Crippen molar-refractivity contribution >= 4 is 28.6 Å². The van der Waals surface area contributed by atoms with Crippen LogP contribution in [0.5, 0.6) is 0 Å². The quantitative estimate of drug-likeness (QED) is 0.393. The summed E-state index contributed by atoms with van der Waals surface area (Å²) in [7, 11) is 0. The summed E-state index contributed by atoms with van der Waals surface area (Å²) in [6.07, 6.45) is 1.09. The lowest BCUT2D eigenvalue weighted by molar-refractivity contribution is -0.143. The van der Waals surface area contributed by atoms with Gasteiger partial charge < -0.3 is 4.74 Å². The van der Waals surface area contributed by atoms with Crippen molar-refractivity contribution in [2.45, 2.75) is 19.4 Å². The number of alkyl halides is 1. The van der Waals surface area contributed by atoms with Crippen molar-refractivity contribution < 1.29 is 9.53 Å². The van der Waals surface area contributed by atoms with Gasteiger partial charge in [-0.05, 0) is 6.42 Å². The Kier molecular flexibility index (Phi) is 2.32. The molecule has 0 amide bonds. The third kappa shape index (κ3) is 1.56. The van der Waals surface area contributed by atoms with Crippen molar-refractivity contribution in [3.05, 3.63) is 0 Å². The minimum Gasteiger partial charge on any atom is -0.461 e. The largest absolute Gasteiger partial charge is 0.461 e. The zero-order chi connectivity index (χ0) is 6.85. The molecule has 1 saturated heterocycles. The molecule has 0 aliphatic carbocycles. The second-order valence-electron chi connectivity index (χ2n) is 2.35. The maximum Gasteiger partial charge on any atom is 0.309 e. The number of ether oxygens (including phenoxy) is 1. The van der Waals surface area contributed by atoms with Crippen LogP contribution >= 0.6 is 22.6 Å². The molecule has 0 aromatic heterocycles. The fourth-order valence-electron chi connectivity index (χ4n) is 0.914. The molecule has 3 heteroatoms. The maximum atomic E-state index is 10.7. The summed E-state index contributed by atoms with van der Waals surface area (Å²) < 4.78 is 5.90. The molecule has 0 aromatic rings. The summed E-state index contributed by atoms with van der Waals surface area (Å²) in [5, 5.41) is 0. The van der Waals surface area contributed by atoms with Crippen LogP contribution in [0.15, 0.2) is 0 Å². The zero-order valence-corrected chi connectivity index (χ0v) is 7.42. The van der Waals surface area contributed by atoms with Crippen LogP contribution in [-0.2, 0) is 9.53 Å². The van der Waals surface area contributed by atoms with Gasteiger partial charge in [0.1, 0.15) is 6.10 Å².